The summed E-state index contributed by atoms with van der Waals surface area (Å²) in [7, 11) is 2.00. The van der Waals surface area contributed by atoms with E-state index in [2.05, 4.69) is 21.3 Å². The molecule has 78 valence electrons. The van der Waals surface area contributed by atoms with Crippen LogP contribution >= 0.6 is 0 Å². The molecule has 1 rings (SSSR count). The van der Waals surface area contributed by atoms with Crippen molar-refractivity contribution in [3.8, 4) is 0 Å². The van der Waals surface area contributed by atoms with Gasteiger partial charge in [0.2, 0.25) is 0 Å². The molecule has 0 unspecified atom stereocenters. The highest BCUT2D eigenvalue weighted by atomic mass is 16.2. The van der Waals surface area contributed by atoms with Crippen LogP contribution in [0, 0.1) is 0 Å². The van der Waals surface area contributed by atoms with E-state index in [0.29, 0.717) is 13.1 Å². The number of hydrogen-bond donors (Lipinski definition) is 3. The van der Waals surface area contributed by atoms with Gasteiger partial charge in [-0.3, -0.25) is 0 Å². The highest BCUT2D eigenvalue weighted by molar-refractivity contribution is 5.71. The number of amides is 2. The van der Waals surface area contributed by atoms with Gasteiger partial charge in [-0.05, 0) is 12.1 Å². The van der Waals surface area contributed by atoms with Gasteiger partial charge in [-0.2, -0.15) is 0 Å². The molecule has 0 aromatic carbocycles. The largest absolute Gasteiger partial charge is 0.353 e. The van der Waals surface area contributed by atoms with Crippen molar-refractivity contribution >= 4 is 6.03 Å². The first kappa shape index (κ1) is 10.6. The summed E-state index contributed by atoms with van der Waals surface area (Å²) < 4.78 is 2.05. The molecule has 1 heterocycles. The van der Waals surface area contributed by atoms with E-state index in [0.717, 1.165) is 6.54 Å². The molecule has 0 fully saturated rings. The van der Waals surface area contributed by atoms with Crippen LogP contribution in [0.5, 0.6) is 0 Å². The average molecular weight is 196 g/mol. The van der Waals surface area contributed by atoms with Gasteiger partial charge in [0.1, 0.15) is 0 Å². The molecule has 5 nitrogen and oxygen atoms in total. The molecule has 0 aliphatic carbocycles. The number of nitrogens with zero attached hydrogens (tertiary/aromatic N) is 1. The zero-order valence-electron chi connectivity index (χ0n) is 8.29. The number of urea groups is 1. The standard InChI is InChI=1S/C9H16N4O/c1-13-6-2-3-8(13)7-11-4-5-12-9(10)14/h2-3,6,11H,4-5,7H2,1H3,(H3,10,12,14). The van der Waals surface area contributed by atoms with E-state index in [1.165, 1.54) is 5.69 Å². The lowest BCUT2D eigenvalue weighted by molar-refractivity contribution is 0.249. The highest BCUT2D eigenvalue weighted by Crippen LogP contribution is 1.97. The summed E-state index contributed by atoms with van der Waals surface area (Å²) in [6, 6.07) is 3.57. The maximum absolute atomic E-state index is 10.3. The average Bonchev–Trinajstić information content (AvgIpc) is 2.51. The predicted octanol–water partition coefficient (Wildman–Crippen LogP) is -0.217. The lowest BCUT2D eigenvalue weighted by atomic mass is 10.4. The Labute approximate surface area is 83.3 Å². The molecule has 2 amide bonds. The zero-order chi connectivity index (χ0) is 10.4. The number of rotatable bonds is 5. The first-order chi connectivity index (χ1) is 6.70. The molecule has 14 heavy (non-hydrogen) atoms. The number of nitrogens with one attached hydrogen (secondary N) is 2. The first-order valence-corrected chi connectivity index (χ1v) is 4.54. The molecule has 0 atom stereocenters. The number of aromatic nitrogens is 1. The van der Waals surface area contributed by atoms with Crippen molar-refractivity contribution in [1.29, 1.82) is 0 Å². The fourth-order valence-corrected chi connectivity index (χ4v) is 1.17. The number of primary amides is 1. The van der Waals surface area contributed by atoms with Gasteiger partial charge < -0.3 is 20.9 Å². The Hall–Kier alpha value is -1.49. The fraction of sp³-hybridized carbons (Fsp3) is 0.444. The number of aryl methyl sites for hydroxylation is 1. The SMILES string of the molecule is Cn1cccc1CNCCNC(N)=O. The van der Waals surface area contributed by atoms with Crippen LogP contribution in [0.4, 0.5) is 4.79 Å². The number of nitrogens with two attached hydrogens (primary N) is 1. The van der Waals surface area contributed by atoms with E-state index in [9.17, 15) is 4.79 Å². The number of carbonyl (C=O) groups is 1. The van der Waals surface area contributed by atoms with Gasteiger partial charge in [0.05, 0.1) is 0 Å². The maximum atomic E-state index is 10.3. The van der Waals surface area contributed by atoms with Gasteiger partial charge >= 0.3 is 6.03 Å². The van der Waals surface area contributed by atoms with Crippen LogP contribution in [0.3, 0.4) is 0 Å². The monoisotopic (exact) mass is 196 g/mol. The predicted molar refractivity (Wildman–Crippen MR) is 54.7 cm³/mol. The Morgan fingerprint density at radius 2 is 2.36 bits per heavy atom. The molecule has 0 radical (unpaired) electrons. The van der Waals surface area contributed by atoms with Crippen LogP contribution in [-0.2, 0) is 13.6 Å². The molecule has 0 aliphatic rings. The van der Waals surface area contributed by atoms with Gasteiger partial charge in [-0.25, -0.2) is 4.79 Å². The molecule has 4 N–H and O–H groups in total. The Morgan fingerprint density at radius 3 is 2.93 bits per heavy atom. The van der Waals surface area contributed by atoms with Crippen LogP contribution in [0.15, 0.2) is 18.3 Å². The van der Waals surface area contributed by atoms with E-state index in [1.54, 1.807) is 0 Å². The third kappa shape index (κ3) is 3.49. The number of hydrogen-bond acceptors (Lipinski definition) is 2. The lowest BCUT2D eigenvalue weighted by Gasteiger charge is -2.05. The Kier molecular flexibility index (Phi) is 4.00. The summed E-state index contributed by atoms with van der Waals surface area (Å²) in [5.41, 5.74) is 6.12. The summed E-state index contributed by atoms with van der Waals surface area (Å²) in [6.45, 7) is 2.07. The van der Waals surface area contributed by atoms with E-state index in [1.807, 2.05) is 19.3 Å². The molecule has 0 bridgehead atoms. The minimum Gasteiger partial charge on any atom is -0.353 e. The lowest BCUT2D eigenvalue weighted by Crippen LogP contribution is -2.35. The Balaban J connectivity index is 2.10. The van der Waals surface area contributed by atoms with Gasteiger partial charge in [0, 0.05) is 38.6 Å². The summed E-state index contributed by atoms with van der Waals surface area (Å²) in [5, 5.41) is 5.70. The molecular formula is C9H16N4O. The van der Waals surface area contributed by atoms with E-state index in [4.69, 9.17) is 5.73 Å². The molecular weight excluding hydrogens is 180 g/mol. The van der Waals surface area contributed by atoms with Crippen LogP contribution in [0.25, 0.3) is 0 Å². The summed E-state index contributed by atoms with van der Waals surface area (Å²) >= 11 is 0. The van der Waals surface area contributed by atoms with Crippen molar-refractivity contribution in [3.05, 3.63) is 24.0 Å². The van der Waals surface area contributed by atoms with Crippen molar-refractivity contribution in [2.75, 3.05) is 13.1 Å². The Morgan fingerprint density at radius 1 is 1.57 bits per heavy atom. The number of carbonyl (C=O) groups excluding carboxylic acids is 1. The smallest absolute Gasteiger partial charge is 0.312 e. The second kappa shape index (κ2) is 5.29. The van der Waals surface area contributed by atoms with Crippen LogP contribution in [0.2, 0.25) is 0 Å². The molecule has 0 saturated heterocycles. The summed E-state index contributed by atoms with van der Waals surface area (Å²) in [5.74, 6) is 0. The second-order valence-corrected chi connectivity index (χ2v) is 3.08. The molecule has 1 aromatic rings. The van der Waals surface area contributed by atoms with Crippen LogP contribution < -0.4 is 16.4 Å². The quantitative estimate of drug-likeness (QED) is 0.570. The van der Waals surface area contributed by atoms with Crippen molar-refractivity contribution < 1.29 is 4.79 Å². The topological polar surface area (TPSA) is 72.1 Å². The third-order valence-electron chi connectivity index (χ3n) is 1.96. The van der Waals surface area contributed by atoms with Gasteiger partial charge in [0.25, 0.3) is 0 Å². The zero-order valence-corrected chi connectivity index (χ0v) is 8.29. The molecule has 1 aromatic heterocycles. The Bertz CT molecular complexity index is 295. The minimum absolute atomic E-state index is 0.481. The maximum Gasteiger partial charge on any atom is 0.312 e. The first-order valence-electron chi connectivity index (χ1n) is 4.54. The highest BCUT2D eigenvalue weighted by Gasteiger charge is 1.95. The summed E-state index contributed by atoms with van der Waals surface area (Å²) in [6.07, 6.45) is 2.00. The second-order valence-electron chi connectivity index (χ2n) is 3.08. The van der Waals surface area contributed by atoms with E-state index in [-0.39, 0.29) is 0 Å². The molecule has 5 heteroatoms. The van der Waals surface area contributed by atoms with Crippen molar-refractivity contribution in [1.82, 2.24) is 15.2 Å². The normalized spacial score (nSPS) is 10.1. The van der Waals surface area contributed by atoms with Crippen molar-refractivity contribution in [3.63, 3.8) is 0 Å². The van der Waals surface area contributed by atoms with Gasteiger partial charge in [-0.15, -0.1) is 0 Å². The van der Waals surface area contributed by atoms with Crippen LogP contribution in [0.1, 0.15) is 5.69 Å². The summed E-state index contributed by atoms with van der Waals surface area (Å²) in [4.78, 5) is 10.3. The van der Waals surface area contributed by atoms with Crippen LogP contribution in [-0.4, -0.2) is 23.7 Å². The third-order valence-corrected chi connectivity index (χ3v) is 1.96. The van der Waals surface area contributed by atoms with Crippen molar-refractivity contribution in [2.45, 2.75) is 6.54 Å². The minimum atomic E-state index is -0.481. The fourth-order valence-electron chi connectivity index (χ4n) is 1.17. The van der Waals surface area contributed by atoms with Gasteiger partial charge in [0.15, 0.2) is 0 Å². The molecule has 0 spiro atoms. The van der Waals surface area contributed by atoms with E-state index < -0.39 is 6.03 Å². The molecule has 0 saturated carbocycles. The van der Waals surface area contributed by atoms with E-state index >= 15 is 0 Å². The van der Waals surface area contributed by atoms with Gasteiger partial charge in [-0.1, -0.05) is 0 Å². The van der Waals surface area contributed by atoms with Crippen molar-refractivity contribution in [2.24, 2.45) is 12.8 Å². The molecule has 0 aliphatic heterocycles.